The maximum absolute atomic E-state index is 12.4. The van der Waals surface area contributed by atoms with Crippen molar-refractivity contribution in [1.82, 2.24) is 10.1 Å². The standard InChI is InChI=1S/C23H32N4O3/c1-15-10-20-18(24-22(15)25-21(28)12-23(2,3)4)6-5-8-27(20)13-17-11-19(26-30-17)16-7-9-29-14-16/h10-11,16H,5-9,12-14H2,1-4H3,(H,24,25,28). The Hall–Kier alpha value is -2.41. The summed E-state index contributed by atoms with van der Waals surface area (Å²) in [5.74, 6) is 1.90. The molecule has 2 aromatic heterocycles. The van der Waals surface area contributed by atoms with E-state index in [1.54, 1.807) is 0 Å². The van der Waals surface area contributed by atoms with Crippen molar-refractivity contribution in [2.45, 2.75) is 65.8 Å². The van der Waals surface area contributed by atoms with Gasteiger partial charge in [0.05, 0.1) is 30.2 Å². The lowest BCUT2D eigenvalue weighted by molar-refractivity contribution is -0.117. The Morgan fingerprint density at radius 3 is 2.90 bits per heavy atom. The topological polar surface area (TPSA) is 80.5 Å². The molecule has 0 radical (unpaired) electrons. The molecule has 1 fully saturated rings. The molecule has 1 saturated heterocycles. The molecule has 1 atom stereocenters. The molecule has 1 amide bonds. The zero-order chi connectivity index (χ0) is 21.3. The Morgan fingerprint density at radius 1 is 1.33 bits per heavy atom. The molecule has 7 heteroatoms. The highest BCUT2D eigenvalue weighted by atomic mass is 16.5. The third kappa shape index (κ3) is 4.83. The minimum Gasteiger partial charge on any atom is -0.381 e. The molecule has 162 valence electrons. The zero-order valence-corrected chi connectivity index (χ0v) is 18.5. The molecule has 2 aromatic rings. The summed E-state index contributed by atoms with van der Waals surface area (Å²) in [6, 6.07) is 4.20. The van der Waals surface area contributed by atoms with Gasteiger partial charge in [-0.3, -0.25) is 4.79 Å². The highest BCUT2D eigenvalue weighted by molar-refractivity contribution is 5.91. The van der Waals surface area contributed by atoms with Crippen LogP contribution in [0.5, 0.6) is 0 Å². The molecule has 1 N–H and O–H groups in total. The van der Waals surface area contributed by atoms with E-state index in [-0.39, 0.29) is 11.3 Å². The molecule has 4 heterocycles. The third-order valence-electron chi connectivity index (χ3n) is 5.67. The molecule has 0 aromatic carbocycles. The summed E-state index contributed by atoms with van der Waals surface area (Å²) in [6.07, 6.45) is 3.41. The molecule has 2 aliphatic heterocycles. The lowest BCUT2D eigenvalue weighted by atomic mass is 9.92. The molecule has 1 unspecified atom stereocenters. The fourth-order valence-electron chi connectivity index (χ4n) is 4.15. The molecule has 0 bridgehead atoms. The Balaban J connectivity index is 1.48. The second-order valence-corrected chi connectivity index (χ2v) is 9.71. The molecule has 0 spiro atoms. The van der Waals surface area contributed by atoms with Crippen LogP contribution < -0.4 is 10.2 Å². The first-order valence-corrected chi connectivity index (χ1v) is 10.9. The number of carbonyl (C=O) groups excluding carboxylic acids is 1. The quantitative estimate of drug-likeness (QED) is 0.792. The summed E-state index contributed by atoms with van der Waals surface area (Å²) in [7, 11) is 0. The van der Waals surface area contributed by atoms with Crippen molar-refractivity contribution >= 4 is 17.4 Å². The average Bonchev–Trinajstić information content (AvgIpc) is 3.33. The van der Waals surface area contributed by atoms with E-state index < -0.39 is 0 Å². The number of anilines is 2. The van der Waals surface area contributed by atoms with Gasteiger partial charge >= 0.3 is 0 Å². The predicted molar refractivity (Wildman–Crippen MR) is 116 cm³/mol. The Bertz CT molecular complexity index is 910. The number of pyridine rings is 1. The fraction of sp³-hybridized carbons (Fsp3) is 0.609. The summed E-state index contributed by atoms with van der Waals surface area (Å²) in [4.78, 5) is 19.5. The molecular weight excluding hydrogens is 380 g/mol. The number of nitrogens with zero attached hydrogens (tertiary/aromatic N) is 3. The van der Waals surface area contributed by atoms with Gasteiger partial charge in [0.1, 0.15) is 5.82 Å². The minimum atomic E-state index is -0.0520. The van der Waals surface area contributed by atoms with Crippen molar-refractivity contribution in [2.24, 2.45) is 5.41 Å². The first-order chi connectivity index (χ1) is 14.3. The van der Waals surface area contributed by atoms with Gasteiger partial charge < -0.3 is 19.5 Å². The molecule has 7 nitrogen and oxygen atoms in total. The maximum atomic E-state index is 12.4. The summed E-state index contributed by atoms with van der Waals surface area (Å²) in [5.41, 5.74) is 4.07. The maximum Gasteiger partial charge on any atom is 0.226 e. The lowest BCUT2D eigenvalue weighted by Crippen LogP contribution is -2.30. The third-order valence-corrected chi connectivity index (χ3v) is 5.67. The highest BCUT2D eigenvalue weighted by Crippen LogP contribution is 2.32. The first kappa shape index (κ1) is 20.8. The van der Waals surface area contributed by atoms with E-state index in [9.17, 15) is 4.79 Å². The summed E-state index contributed by atoms with van der Waals surface area (Å²) in [5, 5.41) is 7.28. The summed E-state index contributed by atoms with van der Waals surface area (Å²) >= 11 is 0. The smallest absolute Gasteiger partial charge is 0.226 e. The number of hydrogen-bond donors (Lipinski definition) is 1. The van der Waals surface area contributed by atoms with Crippen LogP contribution in [0.15, 0.2) is 16.7 Å². The van der Waals surface area contributed by atoms with Gasteiger partial charge in [0.15, 0.2) is 5.76 Å². The molecule has 0 aliphatic carbocycles. The van der Waals surface area contributed by atoms with Crippen LogP contribution in [-0.2, 0) is 22.5 Å². The predicted octanol–water partition coefficient (Wildman–Crippen LogP) is 4.21. The number of carbonyl (C=O) groups is 1. The van der Waals surface area contributed by atoms with Gasteiger partial charge in [0, 0.05) is 31.6 Å². The number of amides is 1. The fourth-order valence-corrected chi connectivity index (χ4v) is 4.15. The SMILES string of the molecule is Cc1cc2c(nc1NC(=O)CC(C)(C)C)CCCN2Cc1cc(C2CCOC2)no1. The van der Waals surface area contributed by atoms with E-state index >= 15 is 0 Å². The van der Waals surface area contributed by atoms with Crippen molar-refractivity contribution in [2.75, 3.05) is 30.0 Å². The van der Waals surface area contributed by atoms with Gasteiger partial charge in [-0.05, 0) is 43.2 Å². The van der Waals surface area contributed by atoms with Gasteiger partial charge in [-0.2, -0.15) is 0 Å². The summed E-state index contributed by atoms with van der Waals surface area (Å²) in [6.45, 7) is 11.3. The van der Waals surface area contributed by atoms with Crippen LogP contribution in [-0.4, -0.2) is 35.8 Å². The van der Waals surface area contributed by atoms with Gasteiger partial charge in [0.2, 0.25) is 5.91 Å². The highest BCUT2D eigenvalue weighted by Gasteiger charge is 2.25. The van der Waals surface area contributed by atoms with Crippen LogP contribution in [0.3, 0.4) is 0 Å². The van der Waals surface area contributed by atoms with Crippen molar-refractivity contribution in [1.29, 1.82) is 0 Å². The van der Waals surface area contributed by atoms with Crippen molar-refractivity contribution in [3.05, 3.63) is 34.8 Å². The van der Waals surface area contributed by atoms with E-state index in [1.165, 1.54) is 0 Å². The van der Waals surface area contributed by atoms with Crippen molar-refractivity contribution < 1.29 is 14.1 Å². The van der Waals surface area contributed by atoms with E-state index in [1.807, 2.05) is 6.92 Å². The number of hydrogen-bond acceptors (Lipinski definition) is 6. The van der Waals surface area contributed by atoms with Gasteiger partial charge in [-0.15, -0.1) is 0 Å². The van der Waals surface area contributed by atoms with Crippen LogP contribution in [0.2, 0.25) is 0 Å². The molecular formula is C23H32N4O3. The minimum absolute atomic E-state index is 0.01000. The van der Waals surface area contributed by atoms with Crippen LogP contribution in [0.25, 0.3) is 0 Å². The molecule has 2 aliphatic rings. The number of ether oxygens (including phenoxy) is 1. The average molecular weight is 413 g/mol. The largest absolute Gasteiger partial charge is 0.381 e. The van der Waals surface area contributed by atoms with Crippen LogP contribution in [0, 0.1) is 12.3 Å². The number of rotatable bonds is 5. The monoisotopic (exact) mass is 412 g/mol. The molecule has 0 saturated carbocycles. The van der Waals surface area contributed by atoms with Crippen LogP contribution in [0.1, 0.15) is 68.7 Å². The van der Waals surface area contributed by atoms with Crippen LogP contribution in [0.4, 0.5) is 11.5 Å². The zero-order valence-electron chi connectivity index (χ0n) is 18.5. The van der Waals surface area contributed by atoms with E-state index in [0.29, 0.717) is 24.7 Å². The number of nitrogens with one attached hydrogen (secondary N) is 1. The Labute approximate surface area is 178 Å². The van der Waals surface area contributed by atoms with Gasteiger partial charge in [0.25, 0.3) is 0 Å². The van der Waals surface area contributed by atoms with Crippen molar-refractivity contribution in [3.63, 3.8) is 0 Å². The number of fused-ring (bicyclic) bond motifs is 1. The second kappa shape index (κ2) is 8.38. The van der Waals surface area contributed by atoms with E-state index in [0.717, 1.165) is 67.4 Å². The number of aryl methyl sites for hydroxylation is 2. The van der Waals surface area contributed by atoms with E-state index in [2.05, 4.69) is 48.3 Å². The molecule has 30 heavy (non-hydrogen) atoms. The summed E-state index contributed by atoms with van der Waals surface area (Å²) < 4.78 is 11.1. The normalized spacial score (nSPS) is 19.1. The van der Waals surface area contributed by atoms with E-state index in [4.69, 9.17) is 14.2 Å². The Morgan fingerprint density at radius 2 is 2.17 bits per heavy atom. The lowest BCUT2D eigenvalue weighted by Gasteiger charge is -2.30. The van der Waals surface area contributed by atoms with Gasteiger partial charge in [-0.25, -0.2) is 4.98 Å². The Kier molecular flexibility index (Phi) is 5.82. The van der Waals surface area contributed by atoms with Gasteiger partial charge in [-0.1, -0.05) is 25.9 Å². The number of aromatic nitrogens is 2. The molecule has 4 rings (SSSR count). The van der Waals surface area contributed by atoms with Crippen LogP contribution >= 0.6 is 0 Å². The first-order valence-electron chi connectivity index (χ1n) is 10.9. The van der Waals surface area contributed by atoms with Crippen molar-refractivity contribution in [3.8, 4) is 0 Å². The second-order valence-electron chi connectivity index (χ2n) is 9.71.